The van der Waals surface area contributed by atoms with E-state index in [0.29, 0.717) is 63.1 Å². The molecule has 0 spiro atoms. The van der Waals surface area contributed by atoms with E-state index in [-0.39, 0.29) is 30.0 Å². The Morgan fingerprint density at radius 2 is 1.78 bits per heavy atom. The molecule has 0 bridgehead atoms. The normalized spacial score (nSPS) is 24.6. The number of anilines is 3. The van der Waals surface area contributed by atoms with Gasteiger partial charge in [0.2, 0.25) is 17.8 Å². The van der Waals surface area contributed by atoms with Crippen LogP contribution >= 0.6 is 34.8 Å². The highest BCUT2D eigenvalue weighted by molar-refractivity contribution is 6.41. The summed E-state index contributed by atoms with van der Waals surface area (Å²) in [7, 11) is 0. The summed E-state index contributed by atoms with van der Waals surface area (Å²) in [6.45, 7) is 0. The van der Waals surface area contributed by atoms with Crippen LogP contribution in [0.15, 0.2) is 18.3 Å². The summed E-state index contributed by atoms with van der Waals surface area (Å²) in [5.41, 5.74) is 7.33. The molecule has 2 fully saturated rings. The summed E-state index contributed by atoms with van der Waals surface area (Å²) in [6.07, 6.45) is 7.65. The van der Waals surface area contributed by atoms with Crippen molar-refractivity contribution in [2.75, 3.05) is 10.6 Å². The van der Waals surface area contributed by atoms with Gasteiger partial charge in [-0.1, -0.05) is 34.8 Å². The summed E-state index contributed by atoms with van der Waals surface area (Å²) >= 11 is 19.0. The lowest BCUT2D eigenvalue weighted by atomic mass is 9.85. The van der Waals surface area contributed by atoms with Crippen LogP contribution in [0.4, 0.5) is 17.6 Å². The molecule has 1 aromatic carbocycles. The average molecular weight is 553 g/mol. The number of aromatic nitrogens is 4. The molecule has 3 aromatic rings. The summed E-state index contributed by atoms with van der Waals surface area (Å²) < 4.78 is 2.04. The van der Waals surface area contributed by atoms with E-state index in [1.54, 1.807) is 18.3 Å². The number of primary amides is 1. The number of halogens is 3. The molecule has 0 aliphatic heterocycles. The van der Waals surface area contributed by atoms with E-state index in [2.05, 4.69) is 15.6 Å². The van der Waals surface area contributed by atoms with Crippen LogP contribution in [0.5, 0.6) is 0 Å². The first-order chi connectivity index (χ1) is 17.3. The number of nitrogens with one attached hydrogen (secondary N) is 2. The van der Waals surface area contributed by atoms with Gasteiger partial charge in [-0.2, -0.15) is 4.98 Å². The fourth-order valence-corrected chi connectivity index (χ4v) is 6.18. The Bertz CT molecular complexity index is 1250. The van der Waals surface area contributed by atoms with Crippen molar-refractivity contribution in [2.24, 2.45) is 11.7 Å². The van der Waals surface area contributed by atoms with Gasteiger partial charge in [0, 0.05) is 23.0 Å². The van der Waals surface area contributed by atoms with E-state index in [1.165, 1.54) is 0 Å². The number of rotatable bonds is 6. The van der Waals surface area contributed by atoms with Gasteiger partial charge >= 0.3 is 0 Å². The molecular weight excluding hydrogens is 525 g/mol. The Morgan fingerprint density at radius 1 is 1.06 bits per heavy atom. The van der Waals surface area contributed by atoms with Gasteiger partial charge in [0.1, 0.15) is 5.52 Å². The first kappa shape index (κ1) is 25.3. The predicted octanol–water partition coefficient (Wildman–Crippen LogP) is 5.46. The number of carbonyl (C=O) groups excluding carboxylic acids is 1. The van der Waals surface area contributed by atoms with Crippen molar-refractivity contribution in [3.63, 3.8) is 0 Å². The van der Waals surface area contributed by atoms with Gasteiger partial charge in [0.05, 0.1) is 28.0 Å². The minimum Gasteiger partial charge on any atom is -0.393 e. The second kappa shape index (κ2) is 10.6. The van der Waals surface area contributed by atoms with E-state index in [1.807, 2.05) is 4.57 Å². The molecule has 2 saturated carbocycles. The third-order valence-electron chi connectivity index (χ3n) is 7.12. The maximum atomic E-state index is 11.7. The van der Waals surface area contributed by atoms with Crippen LogP contribution in [0.25, 0.3) is 11.2 Å². The van der Waals surface area contributed by atoms with Crippen LogP contribution in [-0.2, 0) is 4.79 Å². The largest absolute Gasteiger partial charge is 0.393 e. The molecule has 12 heteroatoms. The van der Waals surface area contributed by atoms with Crippen LogP contribution in [0.3, 0.4) is 0 Å². The smallest absolute Gasteiger partial charge is 0.224 e. The molecule has 5 N–H and O–H groups in total. The zero-order chi connectivity index (χ0) is 25.4. The lowest BCUT2D eigenvalue weighted by Crippen LogP contribution is -2.30. The van der Waals surface area contributed by atoms with Crippen molar-refractivity contribution in [1.29, 1.82) is 0 Å². The lowest BCUT2D eigenvalue weighted by molar-refractivity contribution is -0.122. The van der Waals surface area contributed by atoms with Crippen molar-refractivity contribution in [3.8, 4) is 0 Å². The molecule has 2 aliphatic rings. The highest BCUT2D eigenvalue weighted by Crippen LogP contribution is 2.40. The summed E-state index contributed by atoms with van der Waals surface area (Å²) in [5.74, 6) is 0.628. The number of amides is 1. The van der Waals surface area contributed by atoms with Gasteiger partial charge < -0.3 is 21.5 Å². The van der Waals surface area contributed by atoms with Crippen molar-refractivity contribution in [3.05, 3.63) is 33.4 Å². The van der Waals surface area contributed by atoms with Crippen LogP contribution in [0.1, 0.15) is 57.4 Å². The van der Waals surface area contributed by atoms with E-state index < -0.39 is 0 Å². The predicted molar refractivity (Wildman–Crippen MR) is 142 cm³/mol. The number of nitrogens with zero attached hydrogens (tertiary/aromatic N) is 4. The molecule has 9 nitrogen and oxygen atoms in total. The number of hydrogen-bond acceptors (Lipinski definition) is 7. The van der Waals surface area contributed by atoms with Gasteiger partial charge in [-0.25, -0.2) is 9.97 Å². The van der Waals surface area contributed by atoms with E-state index in [9.17, 15) is 9.90 Å². The van der Waals surface area contributed by atoms with Crippen molar-refractivity contribution < 1.29 is 9.90 Å². The molecule has 2 aliphatic carbocycles. The minimum absolute atomic E-state index is 0.0391. The third-order valence-corrected chi connectivity index (χ3v) is 7.93. The van der Waals surface area contributed by atoms with Crippen LogP contribution < -0.4 is 16.4 Å². The van der Waals surface area contributed by atoms with Crippen LogP contribution in [0.2, 0.25) is 15.1 Å². The van der Waals surface area contributed by atoms with Crippen LogP contribution in [-0.4, -0.2) is 42.7 Å². The number of hydrogen-bond donors (Lipinski definition) is 4. The fourth-order valence-electron chi connectivity index (χ4n) is 5.26. The average Bonchev–Trinajstić information content (AvgIpc) is 3.18. The summed E-state index contributed by atoms with van der Waals surface area (Å²) in [6, 6.07) is 3.38. The van der Waals surface area contributed by atoms with E-state index in [0.717, 1.165) is 32.1 Å². The zero-order valence-electron chi connectivity index (χ0n) is 19.6. The molecule has 2 atom stereocenters. The number of aliphatic hydroxyl groups excluding tert-OH is 1. The molecule has 36 heavy (non-hydrogen) atoms. The topological polar surface area (TPSA) is 131 Å². The number of fused-ring (bicyclic) bond motifs is 1. The monoisotopic (exact) mass is 551 g/mol. The standard InChI is InChI=1S/C24H28Cl3N7O2/c25-13-8-17(26)20(18(27)9-13)32-24-31-19-11-29-23(30-14-2-1-3-16(35)10-14)33-22(19)34(24)15-6-4-12(5-7-15)21(28)36/h8-9,11-12,14-16,35H,1-7,10H2,(H2,28,36)(H,31,32)(H,29,30,33)/t12?,14-,15?,16+/m0/s1. The van der Waals surface area contributed by atoms with Crippen molar-refractivity contribution in [1.82, 2.24) is 19.5 Å². The quantitative estimate of drug-likeness (QED) is 0.319. The molecule has 2 aromatic heterocycles. The Hall–Kier alpha value is -2.33. The second-order valence-corrected chi connectivity index (χ2v) is 10.9. The minimum atomic E-state index is -0.310. The fraction of sp³-hybridized carbons (Fsp3) is 0.500. The third kappa shape index (κ3) is 5.34. The first-order valence-electron chi connectivity index (χ1n) is 12.2. The molecule has 1 amide bonds. The SMILES string of the molecule is NC(=O)C1CCC(n2c(Nc3c(Cl)cc(Cl)cc3Cl)nc3cnc(N[C@H]4CCC[C@@H](O)C4)nc32)CC1. The van der Waals surface area contributed by atoms with Gasteiger partial charge in [0.15, 0.2) is 5.65 Å². The van der Waals surface area contributed by atoms with Gasteiger partial charge in [0.25, 0.3) is 0 Å². The maximum Gasteiger partial charge on any atom is 0.224 e. The highest BCUT2D eigenvalue weighted by atomic mass is 35.5. The highest BCUT2D eigenvalue weighted by Gasteiger charge is 2.30. The van der Waals surface area contributed by atoms with Crippen molar-refractivity contribution >= 4 is 69.5 Å². The lowest BCUT2D eigenvalue weighted by Gasteiger charge is -2.29. The van der Waals surface area contributed by atoms with Gasteiger partial charge in [-0.3, -0.25) is 9.36 Å². The molecule has 0 unspecified atom stereocenters. The molecule has 0 radical (unpaired) electrons. The maximum absolute atomic E-state index is 11.7. The Balaban J connectivity index is 1.51. The number of imidazole rings is 1. The second-order valence-electron chi connectivity index (χ2n) is 9.65. The Labute approximate surface area is 223 Å². The van der Waals surface area contributed by atoms with E-state index >= 15 is 0 Å². The zero-order valence-corrected chi connectivity index (χ0v) is 21.8. The number of carbonyl (C=O) groups is 1. The molecular formula is C24H28Cl3N7O2. The molecule has 5 rings (SSSR count). The Morgan fingerprint density at radius 3 is 2.44 bits per heavy atom. The van der Waals surface area contributed by atoms with Gasteiger partial charge in [-0.15, -0.1) is 0 Å². The first-order valence-corrected chi connectivity index (χ1v) is 13.3. The molecule has 192 valence electrons. The number of benzene rings is 1. The summed E-state index contributed by atoms with van der Waals surface area (Å²) in [5, 5.41) is 17.9. The van der Waals surface area contributed by atoms with E-state index in [4.69, 9.17) is 50.5 Å². The molecule has 0 saturated heterocycles. The summed E-state index contributed by atoms with van der Waals surface area (Å²) in [4.78, 5) is 25.8. The number of aliphatic hydroxyl groups is 1. The molecule has 2 heterocycles. The number of nitrogens with two attached hydrogens (primary N) is 1. The van der Waals surface area contributed by atoms with Gasteiger partial charge in [-0.05, 0) is 63.5 Å². The van der Waals surface area contributed by atoms with Crippen molar-refractivity contribution in [2.45, 2.75) is 69.6 Å². The van der Waals surface area contributed by atoms with Crippen LogP contribution in [0, 0.1) is 5.92 Å². The Kier molecular flexibility index (Phi) is 7.44.